The third-order valence-corrected chi connectivity index (χ3v) is 6.35. The molecule has 14 heteroatoms. The number of H-pyrrole nitrogens is 1. The molecule has 13 N–H and O–H groups in total. The fraction of sp³-hybridized carbons (Fsp3) is 0.500. The molecule has 1 aromatic heterocycles. The SMILES string of the molecule is CC(NC(=O)C(N)CCCN=C(N)N)C(=O)NC(CCCCN)C(=O)NC(Cc1c[nH]c2ccccc12)C(=O)O. The zero-order valence-corrected chi connectivity index (χ0v) is 22.7. The number of para-hydroxylation sites is 1. The van der Waals surface area contributed by atoms with Crippen LogP contribution >= 0.6 is 0 Å². The fourth-order valence-corrected chi connectivity index (χ4v) is 4.09. The van der Waals surface area contributed by atoms with Crippen LogP contribution in [0.2, 0.25) is 0 Å². The zero-order chi connectivity index (χ0) is 29.7. The van der Waals surface area contributed by atoms with Gasteiger partial charge in [0, 0.05) is 30.1 Å². The molecule has 0 aliphatic heterocycles. The van der Waals surface area contributed by atoms with Gasteiger partial charge in [-0.15, -0.1) is 0 Å². The predicted molar refractivity (Wildman–Crippen MR) is 152 cm³/mol. The van der Waals surface area contributed by atoms with Crippen LogP contribution in [0, 0.1) is 0 Å². The minimum absolute atomic E-state index is 0.0437. The van der Waals surface area contributed by atoms with E-state index in [0.717, 1.165) is 16.5 Å². The van der Waals surface area contributed by atoms with E-state index in [4.69, 9.17) is 22.9 Å². The van der Waals surface area contributed by atoms with Crippen molar-refractivity contribution in [1.82, 2.24) is 20.9 Å². The molecular formula is C26H41N9O5. The van der Waals surface area contributed by atoms with E-state index in [9.17, 15) is 24.3 Å². The molecule has 4 unspecified atom stereocenters. The molecule has 0 radical (unpaired) electrons. The lowest BCUT2D eigenvalue weighted by atomic mass is 10.0. The van der Waals surface area contributed by atoms with Gasteiger partial charge in [0.1, 0.15) is 18.1 Å². The number of carbonyl (C=O) groups excluding carboxylic acids is 3. The maximum Gasteiger partial charge on any atom is 0.326 e. The topological polar surface area (TPSA) is 257 Å². The molecule has 0 saturated heterocycles. The van der Waals surface area contributed by atoms with Crippen molar-refractivity contribution >= 4 is 40.6 Å². The molecule has 14 nitrogen and oxygen atoms in total. The predicted octanol–water partition coefficient (Wildman–Crippen LogP) is -1.22. The summed E-state index contributed by atoms with van der Waals surface area (Å²) in [6, 6.07) is 3.30. The number of aliphatic imine (C=N–C) groups is 1. The number of aromatic nitrogens is 1. The van der Waals surface area contributed by atoms with Gasteiger partial charge in [0.25, 0.3) is 0 Å². The van der Waals surface area contributed by atoms with Crippen molar-refractivity contribution in [3.05, 3.63) is 36.0 Å². The molecule has 0 aliphatic carbocycles. The monoisotopic (exact) mass is 559 g/mol. The number of benzene rings is 1. The first-order valence-electron chi connectivity index (χ1n) is 13.2. The summed E-state index contributed by atoms with van der Waals surface area (Å²) < 4.78 is 0. The molecule has 3 amide bonds. The molecule has 0 aliphatic rings. The van der Waals surface area contributed by atoms with Crippen molar-refractivity contribution in [3.63, 3.8) is 0 Å². The lowest BCUT2D eigenvalue weighted by molar-refractivity contribution is -0.142. The van der Waals surface area contributed by atoms with Gasteiger partial charge in [0.2, 0.25) is 17.7 Å². The second-order valence-electron chi connectivity index (χ2n) is 9.59. The Morgan fingerprint density at radius 1 is 0.950 bits per heavy atom. The number of rotatable bonds is 17. The van der Waals surface area contributed by atoms with E-state index >= 15 is 0 Å². The van der Waals surface area contributed by atoms with Crippen molar-refractivity contribution < 1.29 is 24.3 Å². The quantitative estimate of drug-likeness (QED) is 0.0638. The van der Waals surface area contributed by atoms with Gasteiger partial charge in [-0.3, -0.25) is 19.4 Å². The molecule has 2 aromatic rings. The van der Waals surface area contributed by atoms with Gasteiger partial charge in [-0.1, -0.05) is 18.2 Å². The molecule has 2 rings (SSSR count). The molecule has 0 bridgehead atoms. The Morgan fingerprint density at radius 3 is 2.33 bits per heavy atom. The fourth-order valence-electron chi connectivity index (χ4n) is 4.09. The van der Waals surface area contributed by atoms with Gasteiger partial charge in [-0.2, -0.15) is 0 Å². The number of nitrogens with two attached hydrogens (primary N) is 4. The van der Waals surface area contributed by atoms with E-state index in [0.29, 0.717) is 38.8 Å². The van der Waals surface area contributed by atoms with Crippen LogP contribution in [-0.4, -0.2) is 77.0 Å². The maximum atomic E-state index is 13.2. The Morgan fingerprint density at radius 2 is 1.65 bits per heavy atom. The van der Waals surface area contributed by atoms with Crippen LogP contribution in [0.1, 0.15) is 44.6 Å². The van der Waals surface area contributed by atoms with Crippen LogP contribution in [0.5, 0.6) is 0 Å². The van der Waals surface area contributed by atoms with Crippen molar-refractivity contribution in [2.75, 3.05) is 13.1 Å². The third-order valence-electron chi connectivity index (χ3n) is 6.35. The number of nitrogens with zero attached hydrogens (tertiary/aromatic N) is 1. The highest BCUT2D eigenvalue weighted by Crippen LogP contribution is 2.19. The number of unbranched alkanes of at least 4 members (excludes halogenated alkanes) is 1. The summed E-state index contributed by atoms with van der Waals surface area (Å²) in [5, 5.41) is 18.4. The lowest BCUT2D eigenvalue weighted by Crippen LogP contribution is -2.56. The van der Waals surface area contributed by atoms with Crippen molar-refractivity contribution in [1.29, 1.82) is 0 Å². The minimum atomic E-state index is -1.23. The molecule has 220 valence electrons. The van der Waals surface area contributed by atoms with E-state index in [-0.39, 0.29) is 18.8 Å². The third kappa shape index (κ3) is 10.2. The van der Waals surface area contributed by atoms with Gasteiger partial charge in [0.15, 0.2) is 5.96 Å². The van der Waals surface area contributed by atoms with E-state index < -0.39 is 47.9 Å². The molecule has 0 fully saturated rings. The average molecular weight is 560 g/mol. The summed E-state index contributed by atoms with van der Waals surface area (Å²) in [6.07, 6.45) is 3.90. The number of carboxylic acid groups (broad SMARTS) is 1. The van der Waals surface area contributed by atoms with Gasteiger partial charge in [-0.25, -0.2) is 4.79 Å². The minimum Gasteiger partial charge on any atom is -0.480 e. The normalized spacial score (nSPS) is 14.0. The number of carbonyl (C=O) groups is 4. The number of nitrogens with one attached hydrogen (secondary N) is 4. The number of fused-ring (bicyclic) bond motifs is 1. The summed E-state index contributed by atoms with van der Waals surface area (Å²) >= 11 is 0. The van der Waals surface area contributed by atoms with Crippen LogP contribution in [-0.2, 0) is 25.6 Å². The molecule has 0 saturated carbocycles. The molecule has 0 spiro atoms. The smallest absolute Gasteiger partial charge is 0.326 e. The first kappa shape index (κ1) is 32.0. The second kappa shape index (κ2) is 16.1. The standard InChI is InChI=1S/C26H41N9O5/c1-15(33-23(37)18(28)8-6-12-31-26(29)30)22(36)34-20(10-4-5-11-27)24(38)35-21(25(39)40)13-16-14-32-19-9-3-2-7-17(16)19/h2-3,7,9,14-15,18,20-21,32H,4-6,8,10-13,27-28H2,1H3,(H,33,37)(H,34,36)(H,35,38)(H,39,40)(H4,29,30,31). The summed E-state index contributed by atoms with van der Waals surface area (Å²) in [7, 11) is 0. The van der Waals surface area contributed by atoms with Crippen LogP contribution in [0.4, 0.5) is 0 Å². The highest BCUT2D eigenvalue weighted by atomic mass is 16.4. The summed E-state index contributed by atoms with van der Waals surface area (Å²) in [5.41, 5.74) is 23.6. The zero-order valence-electron chi connectivity index (χ0n) is 22.7. The average Bonchev–Trinajstić information content (AvgIpc) is 3.32. The number of hydrogen-bond donors (Lipinski definition) is 9. The molecule has 4 atom stereocenters. The Kier molecular flexibility index (Phi) is 12.9. The Bertz CT molecular complexity index is 1180. The van der Waals surface area contributed by atoms with E-state index in [1.165, 1.54) is 6.92 Å². The highest BCUT2D eigenvalue weighted by Gasteiger charge is 2.29. The van der Waals surface area contributed by atoms with Crippen molar-refractivity contribution in [2.24, 2.45) is 27.9 Å². The Labute approximate surface area is 232 Å². The molecule has 1 aromatic carbocycles. The number of amides is 3. The summed E-state index contributed by atoms with van der Waals surface area (Å²) in [5.74, 6) is -3.06. The largest absolute Gasteiger partial charge is 0.480 e. The van der Waals surface area contributed by atoms with Crippen LogP contribution in [0.15, 0.2) is 35.5 Å². The van der Waals surface area contributed by atoms with Gasteiger partial charge in [-0.05, 0) is 57.2 Å². The molecular weight excluding hydrogens is 518 g/mol. The lowest BCUT2D eigenvalue weighted by Gasteiger charge is -2.24. The van der Waals surface area contributed by atoms with Gasteiger partial charge in [0.05, 0.1) is 6.04 Å². The van der Waals surface area contributed by atoms with Crippen molar-refractivity contribution in [3.8, 4) is 0 Å². The summed E-state index contributed by atoms with van der Waals surface area (Å²) in [4.78, 5) is 57.4. The maximum absolute atomic E-state index is 13.2. The summed E-state index contributed by atoms with van der Waals surface area (Å²) in [6.45, 7) is 2.18. The van der Waals surface area contributed by atoms with Crippen LogP contribution in [0.25, 0.3) is 10.9 Å². The Balaban J connectivity index is 2.01. The highest BCUT2D eigenvalue weighted by molar-refractivity contribution is 5.94. The number of aromatic amines is 1. The van der Waals surface area contributed by atoms with E-state index in [2.05, 4.69) is 25.9 Å². The number of aliphatic carboxylic acids is 1. The van der Waals surface area contributed by atoms with E-state index in [1.54, 1.807) is 6.20 Å². The molecule has 1 heterocycles. The van der Waals surface area contributed by atoms with Crippen molar-refractivity contribution in [2.45, 2.75) is 69.6 Å². The number of carboxylic acids is 1. The van der Waals surface area contributed by atoms with E-state index in [1.807, 2.05) is 24.3 Å². The number of hydrogen-bond acceptors (Lipinski definition) is 7. The Hall–Kier alpha value is -4.17. The molecule has 40 heavy (non-hydrogen) atoms. The van der Waals surface area contributed by atoms with Gasteiger partial charge < -0.3 is 49.0 Å². The number of guanidine groups is 1. The van der Waals surface area contributed by atoms with Crippen LogP contribution in [0.3, 0.4) is 0 Å². The van der Waals surface area contributed by atoms with Crippen LogP contribution < -0.4 is 38.9 Å². The second-order valence-corrected chi connectivity index (χ2v) is 9.59. The first-order chi connectivity index (χ1) is 19.0. The van der Waals surface area contributed by atoms with Gasteiger partial charge >= 0.3 is 5.97 Å². The first-order valence-corrected chi connectivity index (χ1v) is 13.2.